The van der Waals surface area contributed by atoms with Crippen molar-refractivity contribution in [2.24, 2.45) is 0 Å². The Labute approximate surface area is 156 Å². The van der Waals surface area contributed by atoms with Crippen LogP contribution in [0.3, 0.4) is 0 Å². The Bertz CT molecular complexity index is 947. The molecule has 0 radical (unpaired) electrons. The second kappa shape index (κ2) is 7.14. The third-order valence-electron chi connectivity index (χ3n) is 4.72. The Kier molecular flexibility index (Phi) is 4.53. The molecule has 0 unspecified atom stereocenters. The molecule has 138 valence electrons. The summed E-state index contributed by atoms with van der Waals surface area (Å²) in [5.41, 5.74) is 2.34. The van der Waals surface area contributed by atoms with Crippen molar-refractivity contribution in [2.45, 2.75) is 6.92 Å². The molecule has 0 N–H and O–H groups in total. The number of carbonyl (C=O) groups excluding carboxylic acids is 1. The zero-order valence-corrected chi connectivity index (χ0v) is 14.9. The molecule has 2 heterocycles. The van der Waals surface area contributed by atoms with E-state index in [0.717, 1.165) is 11.4 Å². The van der Waals surface area contributed by atoms with E-state index in [-0.39, 0.29) is 11.7 Å². The summed E-state index contributed by atoms with van der Waals surface area (Å²) in [6, 6.07) is 13.8. The van der Waals surface area contributed by atoms with Gasteiger partial charge in [0.2, 0.25) is 0 Å². The first kappa shape index (κ1) is 17.1. The highest BCUT2D eigenvalue weighted by atomic mass is 19.1. The summed E-state index contributed by atoms with van der Waals surface area (Å²) in [4.78, 5) is 16.9. The zero-order valence-electron chi connectivity index (χ0n) is 14.9. The van der Waals surface area contributed by atoms with Crippen LogP contribution < -0.4 is 4.90 Å². The number of piperazine rings is 1. The van der Waals surface area contributed by atoms with Crippen LogP contribution in [0.15, 0.2) is 48.5 Å². The number of hydrogen-bond donors (Lipinski definition) is 0. The van der Waals surface area contributed by atoms with E-state index in [1.54, 1.807) is 28.9 Å². The van der Waals surface area contributed by atoms with E-state index in [2.05, 4.69) is 20.4 Å². The lowest BCUT2D eigenvalue weighted by molar-refractivity contribution is 0.0746. The number of halogens is 1. The normalized spacial score (nSPS) is 14.4. The molecule has 1 fully saturated rings. The highest BCUT2D eigenvalue weighted by molar-refractivity contribution is 5.95. The van der Waals surface area contributed by atoms with E-state index >= 15 is 0 Å². The minimum absolute atomic E-state index is 0.0127. The largest absolute Gasteiger partial charge is 0.368 e. The number of tetrazole rings is 1. The number of amides is 1. The van der Waals surface area contributed by atoms with Crippen molar-refractivity contribution >= 4 is 11.6 Å². The molecule has 1 amide bonds. The van der Waals surface area contributed by atoms with Crippen LogP contribution in [0, 0.1) is 12.7 Å². The summed E-state index contributed by atoms with van der Waals surface area (Å²) in [7, 11) is 0. The molecular weight excluding hydrogens is 347 g/mol. The average Bonchev–Trinajstić information content (AvgIpc) is 3.14. The van der Waals surface area contributed by atoms with Crippen LogP contribution in [0.1, 0.15) is 16.2 Å². The first-order valence-corrected chi connectivity index (χ1v) is 8.77. The molecule has 1 saturated heterocycles. The maximum Gasteiger partial charge on any atom is 0.254 e. The second-order valence-electron chi connectivity index (χ2n) is 6.44. The maximum absolute atomic E-state index is 13.1. The van der Waals surface area contributed by atoms with Gasteiger partial charge in [-0.05, 0) is 59.8 Å². The van der Waals surface area contributed by atoms with Crippen molar-refractivity contribution in [2.75, 3.05) is 31.1 Å². The minimum Gasteiger partial charge on any atom is -0.368 e. The van der Waals surface area contributed by atoms with Crippen molar-refractivity contribution in [1.29, 1.82) is 0 Å². The van der Waals surface area contributed by atoms with Gasteiger partial charge in [-0.2, -0.15) is 4.68 Å². The summed E-state index contributed by atoms with van der Waals surface area (Å²) >= 11 is 0. The fourth-order valence-electron chi connectivity index (χ4n) is 3.24. The van der Waals surface area contributed by atoms with Crippen molar-refractivity contribution in [1.82, 2.24) is 25.1 Å². The number of benzene rings is 2. The molecule has 1 aliphatic heterocycles. The van der Waals surface area contributed by atoms with Gasteiger partial charge in [-0.25, -0.2) is 4.39 Å². The smallest absolute Gasteiger partial charge is 0.254 e. The number of hydrogen-bond acceptors (Lipinski definition) is 5. The monoisotopic (exact) mass is 366 g/mol. The van der Waals surface area contributed by atoms with Crippen molar-refractivity contribution in [3.63, 3.8) is 0 Å². The standard InChI is InChI=1S/C19H19FN6O/c1-14-21-22-23-26(14)18-4-2-3-15(13-18)19(27)25-11-9-24(10-12-25)17-7-5-16(20)6-8-17/h2-8,13H,9-12H2,1H3. The van der Waals surface area contributed by atoms with Gasteiger partial charge in [-0.15, -0.1) is 5.10 Å². The number of aromatic nitrogens is 4. The molecule has 1 aromatic heterocycles. The molecule has 7 nitrogen and oxygen atoms in total. The molecule has 0 aliphatic carbocycles. The molecular formula is C19H19FN6O. The van der Waals surface area contributed by atoms with Gasteiger partial charge in [-0.3, -0.25) is 4.79 Å². The molecule has 4 rings (SSSR count). The average molecular weight is 366 g/mol. The SMILES string of the molecule is Cc1nnnn1-c1cccc(C(=O)N2CCN(c3ccc(F)cc3)CC2)c1. The fraction of sp³-hybridized carbons (Fsp3) is 0.263. The number of nitrogens with zero attached hydrogens (tertiary/aromatic N) is 6. The van der Waals surface area contributed by atoms with Crippen LogP contribution in [-0.4, -0.2) is 57.2 Å². The lowest BCUT2D eigenvalue weighted by Gasteiger charge is -2.36. The second-order valence-corrected chi connectivity index (χ2v) is 6.44. The van der Waals surface area contributed by atoms with Gasteiger partial charge >= 0.3 is 0 Å². The quantitative estimate of drug-likeness (QED) is 0.710. The summed E-state index contributed by atoms with van der Waals surface area (Å²) in [6.45, 7) is 4.46. The summed E-state index contributed by atoms with van der Waals surface area (Å²) < 4.78 is 14.7. The van der Waals surface area contributed by atoms with Gasteiger partial charge < -0.3 is 9.80 Å². The molecule has 2 aromatic carbocycles. The summed E-state index contributed by atoms with van der Waals surface area (Å²) in [5.74, 6) is 0.402. The lowest BCUT2D eigenvalue weighted by atomic mass is 10.1. The Hall–Kier alpha value is -3.29. The molecule has 0 spiro atoms. The van der Waals surface area contributed by atoms with E-state index < -0.39 is 0 Å². The van der Waals surface area contributed by atoms with Crippen LogP contribution in [0.2, 0.25) is 0 Å². The lowest BCUT2D eigenvalue weighted by Crippen LogP contribution is -2.48. The van der Waals surface area contributed by atoms with E-state index in [4.69, 9.17) is 0 Å². The summed E-state index contributed by atoms with van der Waals surface area (Å²) in [5, 5.41) is 11.5. The number of rotatable bonds is 3. The predicted octanol–water partition coefficient (Wildman–Crippen LogP) is 2.07. The Morgan fingerprint density at radius 2 is 1.74 bits per heavy atom. The molecule has 1 aliphatic rings. The molecule has 8 heteroatoms. The fourth-order valence-corrected chi connectivity index (χ4v) is 3.24. The van der Waals surface area contributed by atoms with Crippen LogP contribution in [-0.2, 0) is 0 Å². The first-order chi connectivity index (χ1) is 13.1. The van der Waals surface area contributed by atoms with Gasteiger partial charge in [-0.1, -0.05) is 6.07 Å². The van der Waals surface area contributed by atoms with Gasteiger partial charge in [0.05, 0.1) is 5.69 Å². The van der Waals surface area contributed by atoms with Crippen LogP contribution in [0.4, 0.5) is 10.1 Å². The number of aryl methyl sites for hydroxylation is 1. The van der Waals surface area contributed by atoms with E-state index in [1.807, 2.05) is 24.0 Å². The van der Waals surface area contributed by atoms with Gasteiger partial charge in [0.25, 0.3) is 5.91 Å². The number of carbonyl (C=O) groups is 1. The molecule has 0 atom stereocenters. The highest BCUT2D eigenvalue weighted by Crippen LogP contribution is 2.19. The third-order valence-corrected chi connectivity index (χ3v) is 4.72. The molecule has 0 bridgehead atoms. The van der Waals surface area contributed by atoms with Gasteiger partial charge in [0.15, 0.2) is 5.82 Å². The minimum atomic E-state index is -0.245. The van der Waals surface area contributed by atoms with Crippen molar-refractivity contribution in [3.8, 4) is 5.69 Å². The number of anilines is 1. The predicted molar refractivity (Wildman–Crippen MR) is 98.4 cm³/mol. The van der Waals surface area contributed by atoms with Crippen LogP contribution in [0.5, 0.6) is 0 Å². The van der Waals surface area contributed by atoms with Crippen LogP contribution >= 0.6 is 0 Å². The Morgan fingerprint density at radius 1 is 1.00 bits per heavy atom. The Balaban J connectivity index is 1.45. The summed E-state index contributed by atoms with van der Waals surface area (Å²) in [6.07, 6.45) is 0. The zero-order chi connectivity index (χ0) is 18.8. The first-order valence-electron chi connectivity index (χ1n) is 8.77. The molecule has 27 heavy (non-hydrogen) atoms. The van der Waals surface area contributed by atoms with E-state index in [0.29, 0.717) is 37.6 Å². The van der Waals surface area contributed by atoms with Gasteiger partial charge in [0, 0.05) is 37.4 Å². The van der Waals surface area contributed by atoms with Crippen molar-refractivity contribution < 1.29 is 9.18 Å². The maximum atomic E-state index is 13.1. The van der Waals surface area contributed by atoms with E-state index in [1.165, 1.54) is 12.1 Å². The van der Waals surface area contributed by atoms with Gasteiger partial charge in [0.1, 0.15) is 5.82 Å². The highest BCUT2D eigenvalue weighted by Gasteiger charge is 2.22. The third kappa shape index (κ3) is 3.51. The topological polar surface area (TPSA) is 67.2 Å². The van der Waals surface area contributed by atoms with E-state index in [9.17, 15) is 9.18 Å². The molecule has 0 saturated carbocycles. The van der Waals surface area contributed by atoms with Crippen molar-refractivity contribution in [3.05, 3.63) is 65.7 Å². The van der Waals surface area contributed by atoms with Crippen LogP contribution in [0.25, 0.3) is 5.69 Å². The molecule has 3 aromatic rings. The Morgan fingerprint density at radius 3 is 2.41 bits per heavy atom.